The number of aryl methyl sites for hydroxylation is 1. The lowest BCUT2D eigenvalue weighted by Gasteiger charge is -2.11. The number of hydrogen-bond donors (Lipinski definition) is 0. The quantitative estimate of drug-likeness (QED) is 0.662. The predicted molar refractivity (Wildman–Crippen MR) is 47.9 cm³/mol. The van der Waals surface area contributed by atoms with Crippen LogP contribution in [0.25, 0.3) is 0 Å². The Morgan fingerprint density at radius 1 is 1.36 bits per heavy atom. The summed E-state index contributed by atoms with van der Waals surface area (Å²) in [5.74, 6) is -0.233. The topological polar surface area (TPSA) is 9.23 Å². The Bertz CT molecular complexity index is 322. The number of ether oxygens (including phenoxy) is 1. The van der Waals surface area contributed by atoms with Gasteiger partial charge in [0.1, 0.15) is 13.6 Å². The van der Waals surface area contributed by atoms with Gasteiger partial charge < -0.3 is 4.74 Å². The van der Waals surface area contributed by atoms with Crippen LogP contribution in [-0.4, -0.2) is 14.2 Å². The van der Waals surface area contributed by atoms with E-state index < -0.39 is 6.36 Å². The van der Waals surface area contributed by atoms with Crippen molar-refractivity contribution in [3.05, 3.63) is 23.8 Å². The lowest BCUT2D eigenvalue weighted by molar-refractivity contribution is -0.274. The van der Waals surface area contributed by atoms with Crippen molar-refractivity contribution >= 4 is 13.3 Å². The average Bonchev–Trinajstić information content (AvgIpc) is 2.06. The molecule has 5 heteroatoms. The monoisotopic (exact) mass is 200 g/mol. The van der Waals surface area contributed by atoms with E-state index in [1.807, 2.05) is 6.92 Å². The summed E-state index contributed by atoms with van der Waals surface area (Å²) >= 11 is 0. The fraction of sp³-hybridized carbons (Fsp3) is 0.333. The lowest BCUT2D eigenvalue weighted by Crippen LogP contribution is -2.18. The summed E-state index contributed by atoms with van der Waals surface area (Å²) in [4.78, 5) is 0. The van der Waals surface area contributed by atoms with Crippen LogP contribution >= 0.6 is 0 Å². The highest BCUT2D eigenvalue weighted by Crippen LogP contribution is 2.22. The summed E-state index contributed by atoms with van der Waals surface area (Å²) in [6.45, 7) is 1.81. The van der Waals surface area contributed by atoms with Crippen LogP contribution < -0.4 is 10.2 Å². The largest absolute Gasteiger partial charge is 0.573 e. The maximum atomic E-state index is 11.8. The van der Waals surface area contributed by atoms with Crippen LogP contribution in [0.5, 0.6) is 5.75 Å². The first-order valence-electron chi connectivity index (χ1n) is 4.06. The van der Waals surface area contributed by atoms with Crippen LogP contribution in [0.2, 0.25) is 0 Å². The molecule has 0 atom stereocenters. The summed E-state index contributed by atoms with van der Waals surface area (Å²) in [5.41, 5.74) is 1.12. The van der Waals surface area contributed by atoms with Gasteiger partial charge in [-0.1, -0.05) is 24.0 Å². The Balaban J connectivity index is 2.90. The van der Waals surface area contributed by atoms with E-state index in [1.54, 1.807) is 0 Å². The standard InChI is InChI=1S/C9H8BF3O/c1-2-6-5-7(3-4-8(6)10)14-9(11,12)13/h3-5H,2H2,1H3. The van der Waals surface area contributed by atoms with E-state index >= 15 is 0 Å². The van der Waals surface area contributed by atoms with Crippen LogP contribution in [0.3, 0.4) is 0 Å². The molecule has 0 aromatic heterocycles. The second kappa shape index (κ2) is 3.94. The van der Waals surface area contributed by atoms with Gasteiger partial charge in [-0.2, -0.15) is 0 Å². The molecule has 0 amide bonds. The fourth-order valence-electron chi connectivity index (χ4n) is 1.09. The van der Waals surface area contributed by atoms with E-state index in [9.17, 15) is 13.2 Å². The molecule has 0 bridgehead atoms. The highest BCUT2D eigenvalue weighted by Gasteiger charge is 2.31. The summed E-state index contributed by atoms with van der Waals surface area (Å²) in [7, 11) is 5.53. The fourth-order valence-corrected chi connectivity index (χ4v) is 1.09. The minimum absolute atomic E-state index is 0.233. The van der Waals surface area contributed by atoms with Crippen molar-refractivity contribution in [1.29, 1.82) is 0 Å². The SMILES string of the molecule is [B]c1ccc(OC(F)(F)F)cc1CC. The van der Waals surface area contributed by atoms with Gasteiger partial charge in [0.2, 0.25) is 0 Å². The molecule has 74 valence electrons. The maximum absolute atomic E-state index is 11.8. The van der Waals surface area contributed by atoms with Crippen LogP contribution in [-0.2, 0) is 6.42 Å². The van der Waals surface area contributed by atoms with E-state index in [-0.39, 0.29) is 5.75 Å². The zero-order valence-corrected chi connectivity index (χ0v) is 7.56. The number of benzene rings is 1. The lowest BCUT2D eigenvalue weighted by atomic mass is 9.89. The van der Waals surface area contributed by atoms with Gasteiger partial charge in [0.15, 0.2) is 0 Å². The Hall–Kier alpha value is -1.13. The minimum atomic E-state index is -4.65. The molecule has 0 N–H and O–H groups in total. The van der Waals surface area contributed by atoms with Crippen LogP contribution in [0.1, 0.15) is 12.5 Å². The number of halogens is 3. The van der Waals surface area contributed by atoms with E-state index in [1.165, 1.54) is 18.2 Å². The molecular weight excluding hydrogens is 192 g/mol. The van der Waals surface area contributed by atoms with E-state index in [0.29, 0.717) is 17.4 Å². The van der Waals surface area contributed by atoms with Crippen LogP contribution in [0.4, 0.5) is 13.2 Å². The highest BCUT2D eigenvalue weighted by atomic mass is 19.4. The van der Waals surface area contributed by atoms with E-state index in [2.05, 4.69) is 4.74 Å². The first kappa shape index (κ1) is 11.0. The summed E-state index contributed by atoms with van der Waals surface area (Å²) in [6.07, 6.45) is -4.08. The third kappa shape index (κ3) is 2.98. The molecular formula is C9H8BF3O. The number of rotatable bonds is 2. The number of hydrogen-bond acceptors (Lipinski definition) is 1. The zero-order valence-electron chi connectivity index (χ0n) is 7.56. The molecule has 0 spiro atoms. The molecule has 0 aliphatic carbocycles. The first-order chi connectivity index (χ1) is 6.42. The normalized spacial score (nSPS) is 11.4. The maximum Gasteiger partial charge on any atom is 0.573 e. The van der Waals surface area contributed by atoms with Crippen LogP contribution in [0.15, 0.2) is 18.2 Å². The van der Waals surface area contributed by atoms with E-state index in [0.717, 1.165) is 0 Å². The van der Waals surface area contributed by atoms with Gasteiger partial charge in [-0.05, 0) is 18.6 Å². The summed E-state index contributed by atoms with van der Waals surface area (Å²) in [6, 6.07) is 3.89. The zero-order chi connectivity index (χ0) is 10.8. The molecule has 1 nitrogen and oxygen atoms in total. The van der Waals surface area contributed by atoms with Gasteiger partial charge in [-0.15, -0.1) is 13.2 Å². The second-order valence-corrected chi connectivity index (χ2v) is 2.76. The number of alkyl halides is 3. The molecule has 0 heterocycles. The van der Waals surface area contributed by atoms with Crippen molar-refractivity contribution < 1.29 is 17.9 Å². The Labute approximate surface area is 81.3 Å². The van der Waals surface area contributed by atoms with Crippen molar-refractivity contribution in [2.24, 2.45) is 0 Å². The van der Waals surface area contributed by atoms with Crippen molar-refractivity contribution in [2.45, 2.75) is 19.7 Å². The second-order valence-electron chi connectivity index (χ2n) is 2.76. The predicted octanol–water partition coefficient (Wildman–Crippen LogP) is 1.94. The van der Waals surface area contributed by atoms with Gasteiger partial charge in [-0.3, -0.25) is 0 Å². The third-order valence-corrected chi connectivity index (χ3v) is 1.73. The molecule has 0 saturated carbocycles. The molecule has 0 aliphatic heterocycles. The summed E-state index contributed by atoms with van der Waals surface area (Å²) in [5, 5.41) is 0. The molecule has 0 aliphatic rings. The van der Waals surface area contributed by atoms with Gasteiger partial charge >= 0.3 is 6.36 Å². The van der Waals surface area contributed by atoms with Crippen molar-refractivity contribution in [3.63, 3.8) is 0 Å². The average molecular weight is 200 g/mol. The Kier molecular flexibility index (Phi) is 3.08. The Morgan fingerprint density at radius 3 is 2.50 bits per heavy atom. The van der Waals surface area contributed by atoms with Gasteiger partial charge in [0, 0.05) is 0 Å². The van der Waals surface area contributed by atoms with Gasteiger partial charge in [0.25, 0.3) is 0 Å². The minimum Gasteiger partial charge on any atom is -0.406 e. The summed E-state index contributed by atoms with van der Waals surface area (Å²) < 4.78 is 39.2. The molecule has 2 radical (unpaired) electrons. The molecule has 0 fully saturated rings. The van der Waals surface area contributed by atoms with E-state index in [4.69, 9.17) is 7.85 Å². The van der Waals surface area contributed by atoms with Crippen molar-refractivity contribution in [2.75, 3.05) is 0 Å². The molecule has 14 heavy (non-hydrogen) atoms. The van der Waals surface area contributed by atoms with Crippen LogP contribution in [0, 0.1) is 0 Å². The van der Waals surface area contributed by atoms with Gasteiger partial charge in [-0.25, -0.2) is 0 Å². The molecule has 1 rings (SSSR count). The molecule has 1 aromatic rings. The third-order valence-electron chi connectivity index (χ3n) is 1.73. The van der Waals surface area contributed by atoms with Crippen molar-refractivity contribution in [1.82, 2.24) is 0 Å². The first-order valence-corrected chi connectivity index (χ1v) is 4.06. The molecule has 0 unspecified atom stereocenters. The molecule has 0 saturated heterocycles. The highest BCUT2D eigenvalue weighted by molar-refractivity contribution is 6.33. The van der Waals surface area contributed by atoms with Gasteiger partial charge in [0.05, 0.1) is 0 Å². The molecule has 1 aromatic carbocycles. The van der Waals surface area contributed by atoms with Crippen molar-refractivity contribution in [3.8, 4) is 5.75 Å². The smallest absolute Gasteiger partial charge is 0.406 e. The Morgan fingerprint density at radius 2 is 2.00 bits per heavy atom.